The van der Waals surface area contributed by atoms with Gasteiger partial charge >= 0.3 is 0 Å². The fourth-order valence-corrected chi connectivity index (χ4v) is 2.24. The summed E-state index contributed by atoms with van der Waals surface area (Å²) in [7, 11) is 0. The van der Waals surface area contributed by atoms with E-state index in [1.807, 2.05) is 24.3 Å². The number of unbranched alkanes of at least 4 members (excludes halogenated alkanes) is 1. The molecule has 1 heterocycles. The van der Waals surface area contributed by atoms with Crippen LogP contribution in [0.15, 0.2) is 29.3 Å². The average molecular weight is 227 g/mol. The van der Waals surface area contributed by atoms with Crippen LogP contribution in [0.4, 0.5) is 5.69 Å². The molecule has 4 N–H and O–H groups in total. The molecule has 17 heavy (non-hydrogen) atoms. The third-order valence-corrected chi connectivity index (χ3v) is 3.29. The monoisotopic (exact) mass is 227 g/mol. The summed E-state index contributed by atoms with van der Waals surface area (Å²) in [4.78, 5) is 4.33. The summed E-state index contributed by atoms with van der Waals surface area (Å²) in [6.07, 6.45) is 9.39. The molecule has 0 saturated carbocycles. The second-order valence-electron chi connectivity index (χ2n) is 4.42. The first-order chi connectivity index (χ1) is 8.18. The average Bonchev–Trinajstić information content (AvgIpc) is 2.35. The predicted molar refractivity (Wildman–Crippen MR) is 71.1 cm³/mol. The second-order valence-corrected chi connectivity index (χ2v) is 4.42. The maximum absolute atomic E-state index is 6.47. The van der Waals surface area contributed by atoms with Gasteiger partial charge in [0.1, 0.15) is 0 Å². The Labute approximate surface area is 102 Å². The molecule has 1 aromatic rings. The molecule has 0 radical (unpaired) electrons. The molecule has 3 heteroatoms. The summed E-state index contributed by atoms with van der Waals surface area (Å²) in [5.74, 6) is 2.63. The van der Waals surface area contributed by atoms with E-state index in [4.69, 9.17) is 17.9 Å². The van der Waals surface area contributed by atoms with Gasteiger partial charge in [0.2, 0.25) is 0 Å². The maximum atomic E-state index is 6.47. The van der Waals surface area contributed by atoms with Gasteiger partial charge in [-0.25, -0.2) is 0 Å². The lowest BCUT2D eigenvalue weighted by atomic mass is 9.78. The summed E-state index contributed by atoms with van der Waals surface area (Å²) in [6.45, 7) is 0. The molecule has 0 aliphatic carbocycles. The van der Waals surface area contributed by atoms with Crippen LogP contribution in [0.25, 0.3) is 0 Å². The molecule has 3 nitrogen and oxygen atoms in total. The van der Waals surface area contributed by atoms with E-state index >= 15 is 0 Å². The van der Waals surface area contributed by atoms with Crippen molar-refractivity contribution < 1.29 is 0 Å². The van der Waals surface area contributed by atoms with E-state index in [1.54, 1.807) is 6.21 Å². The van der Waals surface area contributed by atoms with Crippen LogP contribution < -0.4 is 11.5 Å². The standard InChI is InChI=1S/C14H17N3/c1-2-3-6-9-14(16)11-7-4-5-8-12(11)17-10-13(14)15/h1,4-5,7-8,10,13H,3,6,9,15-16H2. The van der Waals surface area contributed by atoms with Crippen molar-refractivity contribution in [3.05, 3.63) is 29.8 Å². The number of hydrogen-bond acceptors (Lipinski definition) is 3. The predicted octanol–water partition coefficient (Wildman–Crippen LogP) is 1.69. The minimum absolute atomic E-state index is 0.254. The van der Waals surface area contributed by atoms with Crippen LogP contribution in [0.2, 0.25) is 0 Å². The van der Waals surface area contributed by atoms with E-state index in [-0.39, 0.29) is 6.04 Å². The lowest BCUT2D eigenvalue weighted by molar-refractivity contribution is 0.372. The van der Waals surface area contributed by atoms with Crippen molar-refractivity contribution in [1.29, 1.82) is 0 Å². The molecule has 1 aromatic carbocycles. The van der Waals surface area contributed by atoms with E-state index in [2.05, 4.69) is 10.9 Å². The lowest BCUT2D eigenvalue weighted by Crippen LogP contribution is -2.54. The van der Waals surface area contributed by atoms with Gasteiger partial charge in [-0.2, -0.15) is 0 Å². The zero-order chi connectivity index (χ0) is 12.3. The van der Waals surface area contributed by atoms with Gasteiger partial charge in [0.05, 0.1) is 17.3 Å². The highest BCUT2D eigenvalue weighted by molar-refractivity contribution is 5.76. The van der Waals surface area contributed by atoms with Gasteiger partial charge in [0.15, 0.2) is 0 Å². The number of aliphatic imine (C=N–C) groups is 1. The molecule has 0 saturated heterocycles. The summed E-state index contributed by atoms with van der Waals surface area (Å²) >= 11 is 0. The topological polar surface area (TPSA) is 64.4 Å². The Morgan fingerprint density at radius 1 is 1.41 bits per heavy atom. The minimum Gasteiger partial charge on any atom is -0.321 e. The Kier molecular flexibility index (Phi) is 3.28. The van der Waals surface area contributed by atoms with E-state index in [1.165, 1.54) is 0 Å². The molecule has 2 unspecified atom stereocenters. The van der Waals surface area contributed by atoms with Gasteiger partial charge in [-0.05, 0) is 24.5 Å². The fraction of sp³-hybridized carbons (Fsp3) is 0.357. The Hall–Kier alpha value is -1.63. The first-order valence-corrected chi connectivity index (χ1v) is 5.80. The highest BCUT2D eigenvalue weighted by atomic mass is 14.9. The lowest BCUT2D eigenvalue weighted by Gasteiger charge is -2.37. The van der Waals surface area contributed by atoms with E-state index in [0.29, 0.717) is 0 Å². The van der Waals surface area contributed by atoms with Crippen LogP contribution in [-0.4, -0.2) is 12.3 Å². The van der Waals surface area contributed by atoms with Gasteiger partial charge in [0, 0.05) is 12.6 Å². The second kappa shape index (κ2) is 4.70. The van der Waals surface area contributed by atoms with E-state index < -0.39 is 5.54 Å². The van der Waals surface area contributed by atoms with Crippen molar-refractivity contribution in [2.24, 2.45) is 16.5 Å². The van der Waals surface area contributed by atoms with Crippen molar-refractivity contribution in [2.45, 2.75) is 30.8 Å². The SMILES string of the molecule is C#CCCCC1(N)c2ccccc2N=CC1N. The first kappa shape index (κ1) is 11.8. The third-order valence-electron chi connectivity index (χ3n) is 3.29. The first-order valence-electron chi connectivity index (χ1n) is 5.80. The summed E-state index contributed by atoms with van der Waals surface area (Å²) in [6, 6.07) is 7.63. The van der Waals surface area contributed by atoms with Crippen molar-refractivity contribution in [3.63, 3.8) is 0 Å². The summed E-state index contributed by atoms with van der Waals surface area (Å²) in [5, 5.41) is 0. The summed E-state index contributed by atoms with van der Waals surface area (Å²) in [5.41, 5.74) is 13.9. The Morgan fingerprint density at radius 2 is 2.18 bits per heavy atom. The zero-order valence-electron chi connectivity index (χ0n) is 9.76. The van der Waals surface area contributed by atoms with Crippen molar-refractivity contribution in [2.75, 3.05) is 0 Å². The van der Waals surface area contributed by atoms with Gasteiger partial charge in [-0.15, -0.1) is 12.3 Å². The van der Waals surface area contributed by atoms with Gasteiger partial charge in [0.25, 0.3) is 0 Å². The van der Waals surface area contributed by atoms with Gasteiger partial charge in [-0.3, -0.25) is 4.99 Å². The van der Waals surface area contributed by atoms with Crippen molar-refractivity contribution in [1.82, 2.24) is 0 Å². The minimum atomic E-state index is -0.546. The Bertz CT molecular complexity index is 473. The van der Waals surface area contributed by atoms with Crippen LogP contribution in [0.3, 0.4) is 0 Å². The third kappa shape index (κ3) is 2.10. The maximum Gasteiger partial charge on any atom is 0.0677 e. The number of para-hydroxylation sites is 1. The van der Waals surface area contributed by atoms with Crippen LogP contribution in [0.5, 0.6) is 0 Å². The van der Waals surface area contributed by atoms with Crippen LogP contribution in [-0.2, 0) is 5.54 Å². The number of terminal acetylenes is 1. The molecule has 0 bridgehead atoms. The molecule has 2 rings (SSSR count). The molecular weight excluding hydrogens is 210 g/mol. The molecule has 0 fully saturated rings. The molecule has 0 amide bonds. The highest BCUT2D eigenvalue weighted by Gasteiger charge is 2.37. The molecular formula is C14H17N3. The number of benzene rings is 1. The number of hydrogen-bond donors (Lipinski definition) is 2. The smallest absolute Gasteiger partial charge is 0.0677 e. The largest absolute Gasteiger partial charge is 0.321 e. The molecule has 0 spiro atoms. The molecule has 1 aliphatic rings. The molecule has 0 aromatic heterocycles. The van der Waals surface area contributed by atoms with Gasteiger partial charge < -0.3 is 11.5 Å². The quantitative estimate of drug-likeness (QED) is 0.609. The molecule has 1 aliphatic heterocycles. The van der Waals surface area contributed by atoms with Crippen molar-refractivity contribution >= 4 is 11.9 Å². The normalized spacial score (nSPS) is 26.3. The zero-order valence-corrected chi connectivity index (χ0v) is 9.76. The molecule has 88 valence electrons. The fourth-order valence-electron chi connectivity index (χ4n) is 2.24. The Morgan fingerprint density at radius 3 is 2.94 bits per heavy atom. The van der Waals surface area contributed by atoms with E-state index in [0.717, 1.165) is 30.5 Å². The van der Waals surface area contributed by atoms with Crippen LogP contribution >= 0.6 is 0 Å². The number of fused-ring (bicyclic) bond motifs is 1. The van der Waals surface area contributed by atoms with Crippen LogP contribution in [0.1, 0.15) is 24.8 Å². The number of nitrogens with two attached hydrogens (primary N) is 2. The summed E-state index contributed by atoms with van der Waals surface area (Å²) < 4.78 is 0. The van der Waals surface area contributed by atoms with E-state index in [9.17, 15) is 0 Å². The Balaban J connectivity index is 2.32. The van der Waals surface area contributed by atoms with Crippen molar-refractivity contribution in [3.8, 4) is 12.3 Å². The van der Waals surface area contributed by atoms with Gasteiger partial charge in [-0.1, -0.05) is 18.2 Å². The molecule has 2 atom stereocenters. The number of nitrogens with zero attached hydrogens (tertiary/aromatic N) is 1. The highest BCUT2D eigenvalue weighted by Crippen LogP contribution is 2.36. The van der Waals surface area contributed by atoms with Crippen LogP contribution in [0, 0.1) is 12.3 Å². The number of rotatable bonds is 3.